The molecule has 0 spiro atoms. The first kappa shape index (κ1) is 21.0. The third-order valence-corrected chi connectivity index (χ3v) is 5.57. The highest BCUT2D eigenvalue weighted by Crippen LogP contribution is 2.18. The third-order valence-electron chi connectivity index (χ3n) is 5.57. The number of nitrogens with zero attached hydrogens (tertiary/aromatic N) is 4. The standard InChI is InChI=1S/C25H25N5O3/c1-18-3-2-10-30-16-21(27-24(18)30)17-33-22-7-4-19(5-8-22)25(31)28-20-6-9-23(26-15-20)29-11-13-32-14-12-29/h2-10,15-16H,11-14,17H2,1H3,(H,28,31). The van der Waals surface area contributed by atoms with Crippen molar-refractivity contribution in [2.75, 3.05) is 36.5 Å². The lowest BCUT2D eigenvalue weighted by molar-refractivity contribution is 0.102. The van der Waals surface area contributed by atoms with E-state index in [4.69, 9.17) is 9.47 Å². The van der Waals surface area contributed by atoms with Crippen molar-refractivity contribution in [3.63, 3.8) is 0 Å². The number of hydrogen-bond donors (Lipinski definition) is 1. The van der Waals surface area contributed by atoms with Gasteiger partial charge in [-0.05, 0) is 55.0 Å². The summed E-state index contributed by atoms with van der Waals surface area (Å²) < 4.78 is 13.2. The number of rotatable bonds is 6. The van der Waals surface area contributed by atoms with Crippen LogP contribution in [-0.4, -0.2) is 46.6 Å². The van der Waals surface area contributed by atoms with Gasteiger partial charge in [-0.3, -0.25) is 4.79 Å². The zero-order chi connectivity index (χ0) is 22.6. The van der Waals surface area contributed by atoms with Gasteiger partial charge in [0.25, 0.3) is 5.91 Å². The predicted molar refractivity (Wildman–Crippen MR) is 126 cm³/mol. The normalized spacial score (nSPS) is 13.8. The van der Waals surface area contributed by atoms with Crippen LogP contribution >= 0.6 is 0 Å². The molecule has 168 valence electrons. The zero-order valence-electron chi connectivity index (χ0n) is 18.4. The second kappa shape index (κ2) is 9.30. The second-order valence-corrected chi connectivity index (χ2v) is 7.93. The van der Waals surface area contributed by atoms with Crippen molar-refractivity contribution in [2.24, 2.45) is 0 Å². The molecule has 0 unspecified atom stereocenters. The maximum atomic E-state index is 12.6. The molecule has 3 aromatic heterocycles. The topological polar surface area (TPSA) is 81.0 Å². The Hall–Kier alpha value is -3.91. The number of pyridine rings is 2. The summed E-state index contributed by atoms with van der Waals surface area (Å²) in [6.45, 7) is 5.45. The SMILES string of the molecule is Cc1cccn2cc(COc3ccc(C(=O)Nc4ccc(N5CCOCC5)nc4)cc3)nc12. The molecule has 1 saturated heterocycles. The molecule has 5 rings (SSSR count). The number of carbonyl (C=O) groups excluding carboxylic acids is 1. The number of carbonyl (C=O) groups is 1. The summed E-state index contributed by atoms with van der Waals surface area (Å²) >= 11 is 0. The summed E-state index contributed by atoms with van der Waals surface area (Å²) in [5.74, 6) is 1.37. The molecule has 1 aromatic carbocycles. The maximum Gasteiger partial charge on any atom is 0.255 e. The molecule has 1 fully saturated rings. The Morgan fingerprint density at radius 2 is 1.94 bits per heavy atom. The Kier molecular flexibility index (Phi) is 5.91. The van der Waals surface area contributed by atoms with E-state index in [0.29, 0.717) is 36.8 Å². The molecule has 4 heterocycles. The van der Waals surface area contributed by atoms with Gasteiger partial charge < -0.3 is 24.1 Å². The van der Waals surface area contributed by atoms with Gasteiger partial charge in [-0.15, -0.1) is 0 Å². The number of ether oxygens (including phenoxy) is 2. The molecular weight excluding hydrogens is 418 g/mol. The molecule has 8 nitrogen and oxygen atoms in total. The van der Waals surface area contributed by atoms with Crippen molar-refractivity contribution >= 4 is 23.1 Å². The van der Waals surface area contributed by atoms with Gasteiger partial charge in [0, 0.05) is 31.0 Å². The molecule has 1 aliphatic rings. The number of benzene rings is 1. The van der Waals surface area contributed by atoms with Crippen LogP contribution in [0.25, 0.3) is 5.65 Å². The van der Waals surface area contributed by atoms with Crippen molar-refractivity contribution in [1.82, 2.24) is 14.4 Å². The van der Waals surface area contributed by atoms with Crippen LogP contribution in [0.15, 0.2) is 67.1 Å². The number of hydrogen-bond acceptors (Lipinski definition) is 6. The van der Waals surface area contributed by atoms with Crippen molar-refractivity contribution in [1.29, 1.82) is 0 Å². The van der Waals surface area contributed by atoms with Crippen LogP contribution in [0.2, 0.25) is 0 Å². The molecule has 8 heteroatoms. The van der Waals surface area contributed by atoms with Crippen molar-refractivity contribution in [2.45, 2.75) is 13.5 Å². The van der Waals surface area contributed by atoms with Crippen LogP contribution in [0, 0.1) is 6.92 Å². The molecule has 33 heavy (non-hydrogen) atoms. The van der Waals surface area contributed by atoms with Gasteiger partial charge in [-0.1, -0.05) is 6.07 Å². The fourth-order valence-corrected chi connectivity index (χ4v) is 3.78. The lowest BCUT2D eigenvalue weighted by Gasteiger charge is -2.27. The van der Waals surface area contributed by atoms with E-state index >= 15 is 0 Å². The Balaban J connectivity index is 1.17. The fourth-order valence-electron chi connectivity index (χ4n) is 3.78. The number of morpholine rings is 1. The first-order valence-corrected chi connectivity index (χ1v) is 10.9. The lowest BCUT2D eigenvalue weighted by atomic mass is 10.2. The molecule has 1 amide bonds. The van der Waals surface area contributed by atoms with Gasteiger partial charge in [0.15, 0.2) is 0 Å². The van der Waals surface area contributed by atoms with E-state index in [1.165, 1.54) is 0 Å². The summed E-state index contributed by atoms with van der Waals surface area (Å²) in [5, 5.41) is 2.89. The van der Waals surface area contributed by atoms with Crippen LogP contribution in [-0.2, 0) is 11.3 Å². The number of imidazole rings is 1. The molecule has 0 bridgehead atoms. The number of aromatic nitrogens is 3. The average molecular weight is 444 g/mol. The molecule has 0 saturated carbocycles. The smallest absolute Gasteiger partial charge is 0.255 e. The second-order valence-electron chi connectivity index (χ2n) is 7.93. The Morgan fingerprint density at radius 1 is 1.12 bits per heavy atom. The summed E-state index contributed by atoms with van der Waals surface area (Å²) in [5.41, 5.74) is 4.09. The van der Waals surface area contributed by atoms with Crippen LogP contribution in [0.1, 0.15) is 21.6 Å². The van der Waals surface area contributed by atoms with E-state index in [2.05, 4.69) is 20.2 Å². The number of nitrogens with one attached hydrogen (secondary N) is 1. The van der Waals surface area contributed by atoms with Crippen molar-refractivity contribution < 1.29 is 14.3 Å². The van der Waals surface area contributed by atoms with E-state index in [9.17, 15) is 4.79 Å². The molecule has 0 radical (unpaired) electrons. The molecule has 1 N–H and O–H groups in total. The summed E-state index contributed by atoms with van der Waals surface area (Å²) in [4.78, 5) is 23.9. The number of anilines is 2. The number of amides is 1. The van der Waals surface area contributed by atoms with E-state index in [1.807, 2.05) is 48.0 Å². The highest BCUT2D eigenvalue weighted by atomic mass is 16.5. The van der Waals surface area contributed by atoms with Gasteiger partial charge in [0.05, 0.1) is 30.8 Å². The predicted octanol–water partition coefficient (Wildman–Crippen LogP) is 3.71. The zero-order valence-corrected chi connectivity index (χ0v) is 18.4. The van der Waals surface area contributed by atoms with Gasteiger partial charge in [-0.2, -0.15) is 0 Å². The molecule has 1 aliphatic heterocycles. The Bertz CT molecular complexity index is 1250. The molecule has 4 aromatic rings. The van der Waals surface area contributed by atoms with Crippen LogP contribution in [0.3, 0.4) is 0 Å². The van der Waals surface area contributed by atoms with Crippen LogP contribution in [0.4, 0.5) is 11.5 Å². The minimum Gasteiger partial charge on any atom is -0.487 e. The van der Waals surface area contributed by atoms with Gasteiger partial charge in [0.2, 0.25) is 0 Å². The van der Waals surface area contributed by atoms with Crippen LogP contribution < -0.4 is 15.0 Å². The highest BCUT2D eigenvalue weighted by Gasteiger charge is 2.13. The lowest BCUT2D eigenvalue weighted by Crippen LogP contribution is -2.36. The third kappa shape index (κ3) is 4.80. The Labute approximate surface area is 191 Å². The van der Waals surface area contributed by atoms with Gasteiger partial charge >= 0.3 is 0 Å². The quantitative estimate of drug-likeness (QED) is 0.489. The average Bonchev–Trinajstić information content (AvgIpc) is 3.29. The Morgan fingerprint density at radius 3 is 2.67 bits per heavy atom. The largest absolute Gasteiger partial charge is 0.487 e. The summed E-state index contributed by atoms with van der Waals surface area (Å²) in [7, 11) is 0. The van der Waals surface area contributed by atoms with E-state index < -0.39 is 0 Å². The molecule has 0 aliphatic carbocycles. The van der Waals surface area contributed by atoms with Gasteiger partial charge in [0.1, 0.15) is 23.8 Å². The van der Waals surface area contributed by atoms with E-state index in [1.54, 1.807) is 30.5 Å². The minimum absolute atomic E-state index is 0.196. The molecule has 0 atom stereocenters. The first-order valence-electron chi connectivity index (χ1n) is 10.9. The molecular formula is C25H25N5O3. The first-order chi connectivity index (χ1) is 16.2. The monoisotopic (exact) mass is 443 g/mol. The van der Waals surface area contributed by atoms with Crippen molar-refractivity contribution in [3.8, 4) is 5.75 Å². The highest BCUT2D eigenvalue weighted by molar-refractivity contribution is 6.04. The summed E-state index contributed by atoms with van der Waals surface area (Å²) in [6.07, 6.45) is 5.61. The number of fused-ring (bicyclic) bond motifs is 1. The van der Waals surface area contributed by atoms with E-state index in [-0.39, 0.29) is 5.91 Å². The number of aryl methyl sites for hydroxylation is 1. The van der Waals surface area contributed by atoms with Gasteiger partial charge in [-0.25, -0.2) is 9.97 Å². The van der Waals surface area contributed by atoms with Crippen molar-refractivity contribution in [3.05, 3.63) is 83.9 Å². The maximum absolute atomic E-state index is 12.6. The minimum atomic E-state index is -0.196. The fraction of sp³-hybridized carbons (Fsp3) is 0.240. The summed E-state index contributed by atoms with van der Waals surface area (Å²) in [6, 6.07) is 14.9. The van der Waals surface area contributed by atoms with E-state index in [0.717, 1.165) is 35.8 Å². The van der Waals surface area contributed by atoms with Crippen LogP contribution in [0.5, 0.6) is 5.75 Å².